The Morgan fingerprint density at radius 1 is 1.55 bits per heavy atom. The molecule has 1 atom stereocenters. The van der Waals surface area contributed by atoms with Crippen LogP contribution in [-0.2, 0) is 15.8 Å². The summed E-state index contributed by atoms with van der Waals surface area (Å²) in [5.41, 5.74) is 0.650. The van der Waals surface area contributed by atoms with Crippen molar-refractivity contribution < 1.29 is 8.42 Å². The average molecular weight is 379 g/mol. The van der Waals surface area contributed by atoms with Crippen molar-refractivity contribution in [3.8, 4) is 6.19 Å². The van der Waals surface area contributed by atoms with Crippen LogP contribution in [0.15, 0.2) is 22.7 Å². The monoisotopic (exact) mass is 377 g/mol. The zero-order valence-electron chi connectivity index (χ0n) is 10.5. The Bertz CT molecular complexity index is 645. The molecule has 0 amide bonds. The molecule has 0 spiro atoms. The van der Waals surface area contributed by atoms with Gasteiger partial charge in [0.05, 0.1) is 5.75 Å². The zero-order chi connectivity index (χ0) is 14.8. The van der Waals surface area contributed by atoms with Gasteiger partial charge in [-0.15, -0.1) is 0 Å². The number of hydrogen-bond donors (Lipinski definition) is 1. The van der Waals surface area contributed by atoms with Crippen molar-refractivity contribution in [1.29, 1.82) is 5.26 Å². The van der Waals surface area contributed by atoms with Gasteiger partial charge in [0, 0.05) is 28.6 Å². The molecule has 0 aromatic heterocycles. The Hall–Kier alpha value is -0.810. The van der Waals surface area contributed by atoms with E-state index in [2.05, 4.69) is 20.7 Å². The molecule has 0 aliphatic carbocycles. The minimum Gasteiger partial charge on any atom is -0.309 e. The van der Waals surface area contributed by atoms with Crippen molar-refractivity contribution in [1.82, 2.24) is 9.62 Å². The molecular weight excluding hydrogens is 366 g/mol. The molecule has 0 bridgehead atoms. The highest BCUT2D eigenvalue weighted by molar-refractivity contribution is 9.10. The van der Waals surface area contributed by atoms with Crippen LogP contribution in [0.1, 0.15) is 12.0 Å². The molecule has 0 saturated carbocycles. The molecule has 1 fully saturated rings. The van der Waals surface area contributed by atoms with Gasteiger partial charge in [-0.05, 0) is 24.1 Å². The second-order valence-corrected chi connectivity index (χ2v) is 7.69. The van der Waals surface area contributed by atoms with E-state index in [4.69, 9.17) is 16.9 Å². The van der Waals surface area contributed by atoms with Crippen molar-refractivity contribution >= 4 is 37.6 Å². The first kappa shape index (κ1) is 15.6. The number of rotatable bonds is 4. The van der Waals surface area contributed by atoms with E-state index < -0.39 is 10.0 Å². The van der Waals surface area contributed by atoms with Crippen LogP contribution in [0.5, 0.6) is 0 Å². The molecule has 108 valence electrons. The van der Waals surface area contributed by atoms with Crippen molar-refractivity contribution in [2.75, 3.05) is 13.1 Å². The molecule has 1 saturated heterocycles. The van der Waals surface area contributed by atoms with E-state index in [1.54, 1.807) is 23.1 Å². The van der Waals surface area contributed by atoms with E-state index in [1.165, 1.54) is 0 Å². The van der Waals surface area contributed by atoms with Crippen LogP contribution in [0.4, 0.5) is 0 Å². The molecular formula is C12H13BrClN3O2S. The first-order valence-electron chi connectivity index (χ1n) is 5.98. The fourth-order valence-electron chi connectivity index (χ4n) is 2.09. The van der Waals surface area contributed by atoms with Gasteiger partial charge < -0.3 is 4.90 Å². The number of nitriles is 1. The van der Waals surface area contributed by atoms with Gasteiger partial charge >= 0.3 is 0 Å². The van der Waals surface area contributed by atoms with Crippen molar-refractivity contribution in [2.45, 2.75) is 18.2 Å². The quantitative estimate of drug-likeness (QED) is 0.814. The minimum atomic E-state index is -3.44. The number of hydrogen-bond acceptors (Lipinski definition) is 4. The summed E-state index contributed by atoms with van der Waals surface area (Å²) in [6, 6.07) is 4.80. The molecule has 20 heavy (non-hydrogen) atoms. The summed E-state index contributed by atoms with van der Waals surface area (Å²) in [5, 5.41) is 9.31. The second-order valence-electron chi connectivity index (χ2n) is 4.64. The highest BCUT2D eigenvalue weighted by Gasteiger charge is 2.26. The molecule has 2 rings (SSSR count). The number of nitrogens with zero attached hydrogens (tertiary/aromatic N) is 2. The SMILES string of the molecule is N#CN1CCC(NS(=O)(=O)Cc2ccc(Cl)cc2Br)C1. The van der Waals surface area contributed by atoms with Gasteiger partial charge in [-0.3, -0.25) is 0 Å². The van der Waals surface area contributed by atoms with Crippen LogP contribution in [0.25, 0.3) is 0 Å². The Balaban J connectivity index is 2.03. The van der Waals surface area contributed by atoms with Gasteiger partial charge in [0.25, 0.3) is 0 Å². The number of benzene rings is 1. The van der Waals surface area contributed by atoms with Gasteiger partial charge in [0.2, 0.25) is 10.0 Å². The van der Waals surface area contributed by atoms with Crippen LogP contribution < -0.4 is 4.72 Å². The lowest BCUT2D eigenvalue weighted by Gasteiger charge is -2.13. The molecule has 0 radical (unpaired) electrons. The Kier molecular flexibility index (Phi) is 4.91. The first-order chi connectivity index (χ1) is 9.39. The number of halogens is 2. The van der Waals surface area contributed by atoms with Crippen LogP contribution in [0, 0.1) is 11.5 Å². The van der Waals surface area contributed by atoms with Crippen molar-refractivity contribution in [3.63, 3.8) is 0 Å². The lowest BCUT2D eigenvalue weighted by molar-refractivity contribution is 0.470. The summed E-state index contributed by atoms with van der Waals surface area (Å²) in [6.45, 7) is 1.02. The number of sulfonamides is 1. The maximum atomic E-state index is 12.1. The van der Waals surface area contributed by atoms with Gasteiger partial charge in [-0.2, -0.15) is 5.26 Å². The van der Waals surface area contributed by atoms with E-state index in [9.17, 15) is 8.42 Å². The molecule has 1 heterocycles. The lowest BCUT2D eigenvalue weighted by Crippen LogP contribution is -2.37. The smallest absolute Gasteiger partial charge is 0.216 e. The third-order valence-electron chi connectivity index (χ3n) is 3.04. The Morgan fingerprint density at radius 2 is 2.30 bits per heavy atom. The fraction of sp³-hybridized carbons (Fsp3) is 0.417. The summed E-state index contributed by atoms with van der Waals surface area (Å²) in [7, 11) is -3.44. The molecule has 1 N–H and O–H groups in total. The van der Waals surface area contributed by atoms with Crippen molar-refractivity contribution in [3.05, 3.63) is 33.3 Å². The fourth-order valence-corrected chi connectivity index (χ4v) is 4.54. The van der Waals surface area contributed by atoms with E-state index >= 15 is 0 Å². The Labute approximate surface area is 131 Å². The van der Waals surface area contributed by atoms with E-state index in [1.807, 2.05) is 6.19 Å². The van der Waals surface area contributed by atoms with E-state index in [0.29, 0.717) is 34.6 Å². The van der Waals surface area contributed by atoms with E-state index in [-0.39, 0.29) is 11.8 Å². The molecule has 1 unspecified atom stereocenters. The van der Waals surface area contributed by atoms with E-state index in [0.717, 1.165) is 0 Å². The molecule has 1 aromatic rings. The highest BCUT2D eigenvalue weighted by atomic mass is 79.9. The molecule has 1 aliphatic heterocycles. The van der Waals surface area contributed by atoms with Crippen molar-refractivity contribution in [2.24, 2.45) is 0 Å². The number of likely N-dealkylation sites (tertiary alicyclic amines) is 1. The van der Waals surface area contributed by atoms with Crippen LogP contribution in [0.3, 0.4) is 0 Å². The molecule has 8 heteroatoms. The van der Waals surface area contributed by atoms with Gasteiger partial charge in [0.1, 0.15) is 0 Å². The predicted octanol–water partition coefficient (Wildman–Crippen LogP) is 2.08. The maximum Gasteiger partial charge on any atom is 0.216 e. The largest absolute Gasteiger partial charge is 0.309 e. The minimum absolute atomic E-state index is 0.117. The average Bonchev–Trinajstić information content (AvgIpc) is 2.79. The third kappa shape index (κ3) is 4.09. The number of nitrogens with one attached hydrogen (secondary N) is 1. The topological polar surface area (TPSA) is 73.2 Å². The summed E-state index contributed by atoms with van der Waals surface area (Å²) < 4.78 is 27.5. The molecule has 1 aliphatic rings. The first-order valence-corrected chi connectivity index (χ1v) is 8.80. The Morgan fingerprint density at radius 3 is 2.90 bits per heavy atom. The predicted molar refractivity (Wildman–Crippen MR) is 80.5 cm³/mol. The van der Waals surface area contributed by atoms with Crippen LogP contribution in [-0.4, -0.2) is 32.4 Å². The lowest BCUT2D eigenvalue weighted by atomic mass is 10.2. The van der Waals surface area contributed by atoms with Gasteiger partial charge in [-0.25, -0.2) is 13.1 Å². The van der Waals surface area contributed by atoms with Crippen LogP contribution in [0.2, 0.25) is 5.02 Å². The summed E-state index contributed by atoms with van der Waals surface area (Å²) in [5.74, 6) is -0.117. The second kappa shape index (κ2) is 6.31. The summed E-state index contributed by atoms with van der Waals surface area (Å²) in [4.78, 5) is 1.55. The summed E-state index contributed by atoms with van der Waals surface area (Å²) >= 11 is 9.13. The maximum absolute atomic E-state index is 12.1. The normalized spacial score (nSPS) is 19.1. The van der Waals surface area contributed by atoms with Gasteiger partial charge in [-0.1, -0.05) is 33.6 Å². The standard InChI is InChI=1S/C12H13BrClN3O2S/c13-12-5-10(14)2-1-9(12)7-20(18,19)16-11-3-4-17(6-11)8-15/h1-2,5,11,16H,3-4,6-7H2. The summed E-state index contributed by atoms with van der Waals surface area (Å²) in [6.07, 6.45) is 2.67. The highest BCUT2D eigenvalue weighted by Crippen LogP contribution is 2.23. The zero-order valence-corrected chi connectivity index (χ0v) is 13.7. The van der Waals surface area contributed by atoms with Crippen LogP contribution >= 0.6 is 27.5 Å². The molecule has 1 aromatic carbocycles. The van der Waals surface area contributed by atoms with Gasteiger partial charge in [0.15, 0.2) is 6.19 Å². The molecule has 5 nitrogen and oxygen atoms in total. The third-order valence-corrected chi connectivity index (χ3v) is 5.39.